The predicted molar refractivity (Wildman–Crippen MR) is 92.0 cm³/mol. The van der Waals surface area contributed by atoms with E-state index in [0.29, 0.717) is 18.5 Å². The van der Waals surface area contributed by atoms with Gasteiger partial charge < -0.3 is 10.0 Å². The molecular formula is C20H21NO2. The van der Waals surface area contributed by atoms with Gasteiger partial charge in [-0.2, -0.15) is 0 Å². The molecule has 1 unspecified atom stereocenters. The van der Waals surface area contributed by atoms with Crippen LogP contribution in [0.5, 0.6) is 0 Å². The molecule has 1 N–H and O–H groups in total. The summed E-state index contributed by atoms with van der Waals surface area (Å²) in [5.41, 5.74) is 2.15. The predicted octanol–water partition coefficient (Wildman–Crippen LogP) is 3.78. The second kappa shape index (κ2) is 6.01. The molecule has 1 aliphatic heterocycles. The fourth-order valence-electron chi connectivity index (χ4n) is 2.98. The van der Waals surface area contributed by atoms with Gasteiger partial charge in [0.25, 0.3) is 5.91 Å². The molecule has 1 amide bonds. The Morgan fingerprint density at radius 1 is 1.09 bits per heavy atom. The third kappa shape index (κ3) is 2.80. The van der Waals surface area contributed by atoms with Gasteiger partial charge >= 0.3 is 0 Å². The number of carbonyl (C=O) groups excluding carboxylic acids is 1. The lowest BCUT2D eigenvalue weighted by Gasteiger charge is -2.22. The normalized spacial score (nSPS) is 19.6. The number of hydrogen-bond acceptors (Lipinski definition) is 2. The summed E-state index contributed by atoms with van der Waals surface area (Å²) in [6.45, 7) is 4.40. The molecule has 3 rings (SSSR count). The van der Waals surface area contributed by atoms with Crippen LogP contribution in [0.3, 0.4) is 0 Å². The second-order valence-corrected chi connectivity index (χ2v) is 6.24. The number of fused-ring (bicyclic) bond motifs is 1. The van der Waals surface area contributed by atoms with E-state index in [-0.39, 0.29) is 5.91 Å². The SMILES string of the molecule is CC(C)=CCC1(O)C(=O)N(Cc2ccccc2)c2ccccc21. The van der Waals surface area contributed by atoms with Crippen molar-refractivity contribution in [1.29, 1.82) is 0 Å². The number of rotatable bonds is 4. The molecule has 2 aromatic rings. The second-order valence-electron chi connectivity index (χ2n) is 6.24. The standard InChI is InChI=1S/C20H21NO2/c1-15(2)12-13-20(23)17-10-6-7-11-18(17)21(19(20)22)14-16-8-4-3-5-9-16/h3-12,23H,13-14H2,1-2H3. The first kappa shape index (κ1) is 15.5. The Hall–Kier alpha value is -2.39. The first-order valence-corrected chi connectivity index (χ1v) is 7.83. The lowest BCUT2D eigenvalue weighted by Crippen LogP contribution is -2.39. The van der Waals surface area contributed by atoms with Gasteiger partial charge in [-0.3, -0.25) is 4.79 Å². The number of amides is 1. The maximum Gasteiger partial charge on any atom is 0.264 e. The molecule has 3 nitrogen and oxygen atoms in total. The number of aliphatic hydroxyl groups is 1. The summed E-state index contributed by atoms with van der Waals surface area (Å²) in [5, 5.41) is 11.1. The molecule has 0 bridgehead atoms. The van der Waals surface area contributed by atoms with E-state index in [9.17, 15) is 9.90 Å². The van der Waals surface area contributed by atoms with E-state index in [0.717, 1.165) is 16.8 Å². The first-order chi connectivity index (χ1) is 11.0. The quantitative estimate of drug-likeness (QED) is 0.873. The van der Waals surface area contributed by atoms with Crippen molar-refractivity contribution in [3.8, 4) is 0 Å². The van der Waals surface area contributed by atoms with Crippen molar-refractivity contribution >= 4 is 11.6 Å². The van der Waals surface area contributed by atoms with Crippen molar-refractivity contribution in [2.24, 2.45) is 0 Å². The highest BCUT2D eigenvalue weighted by Gasteiger charge is 2.48. The Bertz CT molecular complexity index is 747. The summed E-state index contributed by atoms with van der Waals surface area (Å²) in [5.74, 6) is -0.250. The van der Waals surface area contributed by atoms with Crippen LogP contribution in [0.2, 0.25) is 0 Å². The number of anilines is 1. The maximum atomic E-state index is 12.9. The molecule has 23 heavy (non-hydrogen) atoms. The summed E-state index contributed by atoms with van der Waals surface area (Å²) in [6.07, 6.45) is 2.22. The zero-order valence-electron chi connectivity index (χ0n) is 13.5. The monoisotopic (exact) mass is 307 g/mol. The molecule has 0 radical (unpaired) electrons. The van der Waals surface area contributed by atoms with Crippen LogP contribution in [-0.4, -0.2) is 11.0 Å². The minimum absolute atomic E-state index is 0.250. The van der Waals surface area contributed by atoms with Gasteiger partial charge in [-0.15, -0.1) is 0 Å². The van der Waals surface area contributed by atoms with Crippen LogP contribution in [-0.2, 0) is 16.9 Å². The van der Waals surface area contributed by atoms with Crippen molar-refractivity contribution in [2.45, 2.75) is 32.4 Å². The van der Waals surface area contributed by atoms with Crippen LogP contribution in [0, 0.1) is 0 Å². The van der Waals surface area contributed by atoms with Crippen LogP contribution in [0.1, 0.15) is 31.4 Å². The molecule has 0 spiro atoms. The molecule has 3 heteroatoms. The van der Waals surface area contributed by atoms with Gasteiger partial charge in [0.2, 0.25) is 0 Å². The van der Waals surface area contributed by atoms with Crippen LogP contribution < -0.4 is 4.90 Å². The van der Waals surface area contributed by atoms with Crippen molar-refractivity contribution in [1.82, 2.24) is 0 Å². The fraction of sp³-hybridized carbons (Fsp3) is 0.250. The Labute approximate surface area is 136 Å². The fourth-order valence-corrected chi connectivity index (χ4v) is 2.98. The van der Waals surface area contributed by atoms with Crippen LogP contribution in [0.25, 0.3) is 0 Å². The zero-order chi connectivity index (χ0) is 16.4. The van der Waals surface area contributed by atoms with Gasteiger partial charge in [0.05, 0.1) is 12.2 Å². The Morgan fingerprint density at radius 2 is 1.74 bits per heavy atom. The number of carbonyl (C=O) groups is 1. The minimum atomic E-state index is -1.47. The highest BCUT2D eigenvalue weighted by molar-refractivity contribution is 6.06. The topological polar surface area (TPSA) is 40.5 Å². The van der Waals surface area contributed by atoms with Crippen molar-refractivity contribution in [3.63, 3.8) is 0 Å². The molecule has 2 aromatic carbocycles. The molecule has 1 atom stereocenters. The molecule has 118 valence electrons. The van der Waals surface area contributed by atoms with Gasteiger partial charge in [-0.1, -0.05) is 60.2 Å². The Morgan fingerprint density at radius 3 is 2.43 bits per heavy atom. The van der Waals surface area contributed by atoms with Crippen molar-refractivity contribution < 1.29 is 9.90 Å². The highest BCUT2D eigenvalue weighted by atomic mass is 16.3. The summed E-state index contributed by atoms with van der Waals surface area (Å²) in [4.78, 5) is 14.6. The minimum Gasteiger partial charge on any atom is -0.375 e. The number of hydrogen-bond donors (Lipinski definition) is 1. The highest BCUT2D eigenvalue weighted by Crippen LogP contribution is 2.43. The van der Waals surface area contributed by atoms with Crippen LogP contribution in [0.4, 0.5) is 5.69 Å². The summed E-state index contributed by atoms with van der Waals surface area (Å²) < 4.78 is 0. The molecule has 0 fully saturated rings. The smallest absolute Gasteiger partial charge is 0.264 e. The molecule has 0 saturated heterocycles. The maximum absolute atomic E-state index is 12.9. The van der Waals surface area contributed by atoms with Crippen LogP contribution in [0.15, 0.2) is 66.2 Å². The molecule has 1 aliphatic rings. The van der Waals surface area contributed by atoms with Gasteiger partial charge in [0.15, 0.2) is 5.60 Å². The number of nitrogens with zero attached hydrogens (tertiary/aromatic N) is 1. The Kier molecular flexibility index (Phi) is 4.05. The van der Waals surface area contributed by atoms with Crippen LogP contribution >= 0.6 is 0 Å². The average molecular weight is 307 g/mol. The lowest BCUT2D eigenvalue weighted by atomic mass is 9.91. The van der Waals surface area contributed by atoms with E-state index >= 15 is 0 Å². The van der Waals surface area contributed by atoms with Crippen molar-refractivity contribution in [2.75, 3.05) is 4.90 Å². The van der Waals surface area contributed by atoms with Gasteiger partial charge in [0, 0.05) is 12.0 Å². The van der Waals surface area contributed by atoms with Gasteiger partial charge in [-0.25, -0.2) is 0 Å². The average Bonchev–Trinajstić information content (AvgIpc) is 2.77. The van der Waals surface area contributed by atoms with E-state index in [1.165, 1.54) is 0 Å². The number of allylic oxidation sites excluding steroid dienone is 1. The lowest BCUT2D eigenvalue weighted by molar-refractivity contribution is -0.135. The zero-order valence-corrected chi connectivity index (χ0v) is 13.5. The summed E-state index contributed by atoms with van der Waals surface area (Å²) >= 11 is 0. The number of para-hydroxylation sites is 1. The van der Waals surface area contributed by atoms with E-state index in [4.69, 9.17) is 0 Å². The molecule has 0 aliphatic carbocycles. The Balaban J connectivity index is 2.00. The largest absolute Gasteiger partial charge is 0.375 e. The van der Waals surface area contributed by atoms with Gasteiger partial charge in [0.1, 0.15) is 0 Å². The van der Waals surface area contributed by atoms with E-state index < -0.39 is 5.60 Å². The molecule has 0 aromatic heterocycles. The number of benzene rings is 2. The molecule has 1 heterocycles. The first-order valence-electron chi connectivity index (χ1n) is 7.83. The van der Waals surface area contributed by atoms with Gasteiger partial charge in [-0.05, 0) is 25.5 Å². The van der Waals surface area contributed by atoms with E-state index in [2.05, 4.69) is 0 Å². The molecular weight excluding hydrogens is 286 g/mol. The third-order valence-corrected chi connectivity index (χ3v) is 4.23. The summed E-state index contributed by atoms with van der Waals surface area (Å²) in [7, 11) is 0. The molecule has 0 saturated carbocycles. The summed E-state index contributed by atoms with van der Waals surface area (Å²) in [6, 6.07) is 17.4. The van der Waals surface area contributed by atoms with Crippen molar-refractivity contribution in [3.05, 3.63) is 77.4 Å². The van der Waals surface area contributed by atoms with E-state index in [1.807, 2.05) is 74.5 Å². The third-order valence-electron chi connectivity index (χ3n) is 4.23. The van der Waals surface area contributed by atoms with E-state index in [1.54, 1.807) is 4.90 Å².